The summed E-state index contributed by atoms with van der Waals surface area (Å²) in [6.45, 7) is 1.94. The Labute approximate surface area is 130 Å². The Morgan fingerprint density at radius 1 is 1.10 bits per heavy atom. The monoisotopic (exact) mass is 298 g/mol. The van der Waals surface area contributed by atoms with E-state index in [4.69, 9.17) is 17.0 Å². The van der Waals surface area contributed by atoms with Crippen molar-refractivity contribution in [3.05, 3.63) is 65.7 Å². The third-order valence-corrected chi connectivity index (χ3v) is 3.30. The minimum atomic E-state index is 0.690. The van der Waals surface area contributed by atoms with Gasteiger partial charge in [0.1, 0.15) is 10.7 Å². The molecule has 0 aromatic heterocycles. The summed E-state index contributed by atoms with van der Waals surface area (Å²) >= 11 is 5.31. The second kappa shape index (κ2) is 7.55. The number of hydrogen-bond acceptors (Lipinski definition) is 3. The summed E-state index contributed by atoms with van der Waals surface area (Å²) in [7, 11) is 1.65. The van der Waals surface area contributed by atoms with Crippen LogP contribution in [0.25, 0.3) is 0 Å². The quantitative estimate of drug-likeness (QED) is 0.520. The number of nitrogens with zero attached hydrogens (tertiary/aromatic N) is 1. The Morgan fingerprint density at radius 2 is 1.76 bits per heavy atom. The lowest BCUT2D eigenvalue weighted by Crippen LogP contribution is -2.19. The van der Waals surface area contributed by atoms with Crippen LogP contribution in [0.2, 0.25) is 0 Å². The summed E-state index contributed by atoms with van der Waals surface area (Å²) in [5, 5.41) is 4.33. The minimum Gasteiger partial charge on any atom is -0.497 e. The molecule has 0 atom stereocenters. The van der Waals surface area contributed by atoms with Gasteiger partial charge in [-0.2, -0.15) is 5.10 Å². The zero-order valence-electron chi connectivity index (χ0n) is 12.2. The molecule has 0 spiro atoms. The predicted molar refractivity (Wildman–Crippen MR) is 91.1 cm³/mol. The molecule has 21 heavy (non-hydrogen) atoms. The van der Waals surface area contributed by atoms with Gasteiger partial charge in [-0.3, -0.25) is 5.43 Å². The molecule has 0 bridgehead atoms. The first-order chi connectivity index (χ1) is 10.2. The van der Waals surface area contributed by atoms with Gasteiger partial charge in [-0.25, -0.2) is 0 Å². The van der Waals surface area contributed by atoms with Gasteiger partial charge < -0.3 is 4.74 Å². The van der Waals surface area contributed by atoms with Crippen molar-refractivity contribution in [1.29, 1.82) is 0 Å². The van der Waals surface area contributed by atoms with E-state index in [0.29, 0.717) is 11.4 Å². The Kier molecular flexibility index (Phi) is 5.46. The molecule has 0 heterocycles. The van der Waals surface area contributed by atoms with Crippen LogP contribution in [-0.4, -0.2) is 17.8 Å². The van der Waals surface area contributed by atoms with E-state index in [0.717, 1.165) is 17.0 Å². The number of benzene rings is 2. The van der Waals surface area contributed by atoms with Crippen LogP contribution in [0.15, 0.2) is 59.7 Å². The molecule has 3 nitrogen and oxygen atoms in total. The Bertz CT molecular complexity index is 621. The van der Waals surface area contributed by atoms with Gasteiger partial charge in [-0.15, -0.1) is 0 Å². The van der Waals surface area contributed by atoms with Crippen LogP contribution in [0.1, 0.15) is 18.1 Å². The Balaban J connectivity index is 1.94. The number of hydrazone groups is 1. The van der Waals surface area contributed by atoms with E-state index in [9.17, 15) is 0 Å². The number of rotatable bonds is 5. The lowest BCUT2D eigenvalue weighted by Gasteiger charge is -2.06. The van der Waals surface area contributed by atoms with E-state index < -0.39 is 0 Å². The van der Waals surface area contributed by atoms with Crippen LogP contribution in [0.3, 0.4) is 0 Å². The number of hydrogen-bond donors (Lipinski definition) is 1. The van der Waals surface area contributed by atoms with Crippen molar-refractivity contribution in [1.82, 2.24) is 5.43 Å². The van der Waals surface area contributed by atoms with Crippen molar-refractivity contribution in [3.8, 4) is 5.75 Å². The highest BCUT2D eigenvalue weighted by molar-refractivity contribution is 7.80. The van der Waals surface area contributed by atoms with Crippen LogP contribution in [0.4, 0.5) is 0 Å². The van der Waals surface area contributed by atoms with Gasteiger partial charge >= 0.3 is 0 Å². The molecule has 2 aromatic carbocycles. The number of nitrogens with one attached hydrogen (secondary N) is 1. The third kappa shape index (κ3) is 4.68. The van der Waals surface area contributed by atoms with Crippen molar-refractivity contribution in [3.63, 3.8) is 0 Å². The van der Waals surface area contributed by atoms with E-state index in [1.165, 1.54) is 5.56 Å². The van der Waals surface area contributed by atoms with Gasteiger partial charge in [0.2, 0.25) is 0 Å². The third-order valence-electron chi connectivity index (χ3n) is 3.06. The number of methoxy groups -OCH3 is 1. The number of thiocarbonyl (C=S) groups is 1. The molecule has 0 aliphatic rings. The lowest BCUT2D eigenvalue weighted by molar-refractivity contribution is 0.415. The standard InChI is InChI=1S/C17H18N2OS/c1-13(15-8-10-16(20-2)11-9-15)18-19-17(21)12-14-6-4-3-5-7-14/h3-11H,12H2,1-2H3,(H,19,21)/b18-13-. The van der Waals surface area contributed by atoms with Gasteiger partial charge in [0.15, 0.2) is 0 Å². The molecule has 0 unspecified atom stereocenters. The van der Waals surface area contributed by atoms with Crippen LogP contribution in [0, 0.1) is 0 Å². The van der Waals surface area contributed by atoms with Crippen molar-refractivity contribution in [2.45, 2.75) is 13.3 Å². The minimum absolute atomic E-state index is 0.690. The maximum Gasteiger partial charge on any atom is 0.118 e. The number of ether oxygens (including phenoxy) is 1. The Hall–Kier alpha value is -2.20. The highest BCUT2D eigenvalue weighted by atomic mass is 32.1. The van der Waals surface area contributed by atoms with Gasteiger partial charge in [0.25, 0.3) is 0 Å². The predicted octanol–water partition coefficient (Wildman–Crippen LogP) is 3.58. The van der Waals surface area contributed by atoms with E-state index in [-0.39, 0.29) is 0 Å². The maximum absolute atomic E-state index is 5.31. The van der Waals surface area contributed by atoms with Gasteiger partial charge in [-0.05, 0) is 42.3 Å². The largest absolute Gasteiger partial charge is 0.497 e. The van der Waals surface area contributed by atoms with Crippen LogP contribution < -0.4 is 10.2 Å². The van der Waals surface area contributed by atoms with Crippen molar-refractivity contribution < 1.29 is 4.74 Å². The zero-order valence-corrected chi connectivity index (χ0v) is 13.0. The highest BCUT2D eigenvalue weighted by Gasteiger charge is 2.00. The molecule has 2 rings (SSSR count). The van der Waals surface area contributed by atoms with Crippen LogP contribution >= 0.6 is 12.2 Å². The molecule has 0 saturated carbocycles. The van der Waals surface area contributed by atoms with Crippen molar-refractivity contribution in [2.24, 2.45) is 5.10 Å². The maximum atomic E-state index is 5.31. The first kappa shape index (κ1) is 15.2. The molecular weight excluding hydrogens is 280 g/mol. The first-order valence-corrected chi connectivity index (χ1v) is 7.11. The lowest BCUT2D eigenvalue weighted by atomic mass is 10.1. The van der Waals surface area contributed by atoms with E-state index in [1.807, 2.05) is 61.5 Å². The second-order valence-corrected chi connectivity index (χ2v) is 5.12. The molecule has 108 valence electrons. The molecule has 4 heteroatoms. The fourth-order valence-corrected chi connectivity index (χ4v) is 2.08. The normalized spacial score (nSPS) is 11.0. The molecule has 0 radical (unpaired) electrons. The van der Waals surface area contributed by atoms with Crippen LogP contribution in [0.5, 0.6) is 5.75 Å². The molecule has 0 aliphatic heterocycles. The van der Waals surface area contributed by atoms with Crippen molar-refractivity contribution in [2.75, 3.05) is 7.11 Å². The summed E-state index contributed by atoms with van der Waals surface area (Å²) in [5.41, 5.74) is 6.04. The fourth-order valence-electron chi connectivity index (χ4n) is 1.86. The van der Waals surface area contributed by atoms with E-state index in [1.54, 1.807) is 7.11 Å². The summed E-state index contributed by atoms with van der Waals surface area (Å²) in [5.74, 6) is 0.833. The van der Waals surface area contributed by atoms with Gasteiger partial charge in [0, 0.05) is 6.42 Å². The average molecular weight is 298 g/mol. The molecule has 2 aromatic rings. The fraction of sp³-hybridized carbons (Fsp3) is 0.176. The second-order valence-electron chi connectivity index (χ2n) is 4.62. The summed E-state index contributed by atoms with van der Waals surface area (Å²) < 4.78 is 5.14. The van der Waals surface area contributed by atoms with Crippen LogP contribution in [-0.2, 0) is 6.42 Å². The van der Waals surface area contributed by atoms with E-state index >= 15 is 0 Å². The molecule has 1 N–H and O–H groups in total. The van der Waals surface area contributed by atoms with E-state index in [2.05, 4.69) is 10.5 Å². The average Bonchev–Trinajstić information content (AvgIpc) is 2.53. The summed E-state index contributed by atoms with van der Waals surface area (Å²) in [4.78, 5) is 0.703. The van der Waals surface area contributed by atoms with Crippen molar-refractivity contribution >= 4 is 22.9 Å². The first-order valence-electron chi connectivity index (χ1n) is 6.70. The molecule has 0 fully saturated rings. The molecule has 0 amide bonds. The molecule has 0 aliphatic carbocycles. The Morgan fingerprint density at radius 3 is 2.38 bits per heavy atom. The smallest absolute Gasteiger partial charge is 0.118 e. The topological polar surface area (TPSA) is 33.6 Å². The molecular formula is C17H18N2OS. The summed E-state index contributed by atoms with van der Waals surface area (Å²) in [6, 6.07) is 17.9. The molecule has 0 saturated heterocycles. The van der Waals surface area contributed by atoms with Gasteiger partial charge in [-0.1, -0.05) is 42.5 Å². The zero-order chi connectivity index (χ0) is 15.1. The SMILES string of the molecule is COc1ccc(/C(C)=N\NC(=S)Cc2ccccc2)cc1. The summed E-state index contributed by atoms with van der Waals surface area (Å²) in [6.07, 6.45) is 0.690. The highest BCUT2D eigenvalue weighted by Crippen LogP contribution is 2.11. The van der Waals surface area contributed by atoms with Gasteiger partial charge in [0.05, 0.1) is 12.8 Å².